The summed E-state index contributed by atoms with van der Waals surface area (Å²) in [6.45, 7) is 2.69. The Balaban J connectivity index is 2.24. The monoisotopic (exact) mass is 303 g/mol. The molecular weight excluding hydrogens is 289 g/mol. The van der Waals surface area contributed by atoms with Gasteiger partial charge in [-0.15, -0.1) is 0 Å². The van der Waals surface area contributed by atoms with Crippen molar-refractivity contribution in [2.75, 3.05) is 26.3 Å². The number of rotatable bonds is 4. The summed E-state index contributed by atoms with van der Waals surface area (Å²) in [5.74, 6) is -0.831. The summed E-state index contributed by atoms with van der Waals surface area (Å²) >= 11 is 11.9. The number of hydrogen-bond donors (Lipinski definition) is 1. The summed E-state index contributed by atoms with van der Waals surface area (Å²) in [6, 6.07) is 5.08. The van der Waals surface area contributed by atoms with Crippen LogP contribution in [0.2, 0.25) is 10.0 Å². The molecule has 0 saturated carbocycles. The van der Waals surface area contributed by atoms with Crippen LogP contribution in [0.15, 0.2) is 18.2 Å². The Morgan fingerprint density at radius 3 is 2.58 bits per heavy atom. The van der Waals surface area contributed by atoms with E-state index in [0.29, 0.717) is 23.3 Å². The van der Waals surface area contributed by atoms with Crippen LogP contribution >= 0.6 is 23.2 Å². The van der Waals surface area contributed by atoms with Gasteiger partial charge in [0.1, 0.15) is 0 Å². The van der Waals surface area contributed by atoms with Gasteiger partial charge < -0.3 is 9.84 Å². The SMILES string of the molecule is O=C(O)C[C@@H](c1ccc(Cl)c(Cl)c1)N1CCOCC1. The number of benzene rings is 1. The van der Waals surface area contributed by atoms with Crippen LogP contribution in [0.25, 0.3) is 0 Å². The van der Waals surface area contributed by atoms with Crippen molar-refractivity contribution < 1.29 is 14.6 Å². The highest BCUT2D eigenvalue weighted by Gasteiger charge is 2.25. The number of halogens is 2. The number of carbonyl (C=O) groups is 1. The zero-order valence-electron chi connectivity index (χ0n) is 10.3. The third-order valence-electron chi connectivity index (χ3n) is 3.18. The van der Waals surface area contributed by atoms with Gasteiger partial charge in [-0.2, -0.15) is 0 Å². The molecule has 2 rings (SSSR count). The smallest absolute Gasteiger partial charge is 0.305 e. The highest BCUT2D eigenvalue weighted by Crippen LogP contribution is 2.30. The molecular formula is C13H15Cl2NO3. The Morgan fingerprint density at radius 2 is 2.00 bits per heavy atom. The highest BCUT2D eigenvalue weighted by atomic mass is 35.5. The molecule has 4 nitrogen and oxygen atoms in total. The minimum atomic E-state index is -0.831. The van der Waals surface area contributed by atoms with Crippen molar-refractivity contribution in [2.45, 2.75) is 12.5 Å². The largest absolute Gasteiger partial charge is 0.481 e. The molecule has 0 bridgehead atoms. The van der Waals surface area contributed by atoms with Crippen molar-refractivity contribution in [3.63, 3.8) is 0 Å². The number of morpholine rings is 1. The molecule has 0 radical (unpaired) electrons. The minimum Gasteiger partial charge on any atom is -0.481 e. The van der Waals surface area contributed by atoms with E-state index in [9.17, 15) is 4.79 Å². The average molecular weight is 304 g/mol. The van der Waals surface area contributed by atoms with Gasteiger partial charge in [0.05, 0.1) is 29.7 Å². The van der Waals surface area contributed by atoms with Crippen molar-refractivity contribution in [3.8, 4) is 0 Å². The van der Waals surface area contributed by atoms with Crippen LogP contribution in [0.4, 0.5) is 0 Å². The molecule has 0 spiro atoms. The molecule has 19 heavy (non-hydrogen) atoms. The van der Waals surface area contributed by atoms with E-state index in [0.717, 1.165) is 18.7 Å². The van der Waals surface area contributed by atoms with Gasteiger partial charge >= 0.3 is 5.97 Å². The molecule has 1 aliphatic heterocycles. The zero-order chi connectivity index (χ0) is 13.8. The Labute approximate surface area is 121 Å². The van der Waals surface area contributed by atoms with Crippen LogP contribution in [0.3, 0.4) is 0 Å². The third kappa shape index (κ3) is 3.83. The fourth-order valence-electron chi connectivity index (χ4n) is 2.23. The first kappa shape index (κ1) is 14.6. The molecule has 1 fully saturated rings. The van der Waals surface area contributed by atoms with Gasteiger partial charge in [0.2, 0.25) is 0 Å². The van der Waals surface area contributed by atoms with Gasteiger partial charge in [0.25, 0.3) is 0 Å². The molecule has 1 atom stereocenters. The van der Waals surface area contributed by atoms with Crippen LogP contribution in [0.1, 0.15) is 18.0 Å². The summed E-state index contributed by atoms with van der Waals surface area (Å²) in [7, 11) is 0. The van der Waals surface area contributed by atoms with E-state index in [2.05, 4.69) is 4.90 Å². The van der Waals surface area contributed by atoms with Gasteiger partial charge in [-0.3, -0.25) is 9.69 Å². The summed E-state index contributed by atoms with van der Waals surface area (Å²) in [6.07, 6.45) is 0.0396. The van der Waals surface area contributed by atoms with Crippen molar-refractivity contribution in [1.29, 1.82) is 0 Å². The second-order valence-electron chi connectivity index (χ2n) is 4.44. The molecule has 0 aliphatic carbocycles. The van der Waals surface area contributed by atoms with Gasteiger partial charge in [-0.1, -0.05) is 29.3 Å². The first-order chi connectivity index (χ1) is 9.08. The Bertz CT molecular complexity index is 461. The number of carboxylic acid groups (broad SMARTS) is 1. The Morgan fingerprint density at radius 1 is 1.32 bits per heavy atom. The second-order valence-corrected chi connectivity index (χ2v) is 5.25. The highest BCUT2D eigenvalue weighted by molar-refractivity contribution is 6.42. The van der Waals surface area contributed by atoms with Crippen LogP contribution in [-0.2, 0) is 9.53 Å². The molecule has 0 unspecified atom stereocenters. The predicted molar refractivity (Wildman–Crippen MR) is 73.8 cm³/mol. The lowest BCUT2D eigenvalue weighted by Gasteiger charge is -2.34. The van der Waals surface area contributed by atoms with Crippen molar-refractivity contribution in [3.05, 3.63) is 33.8 Å². The van der Waals surface area contributed by atoms with E-state index >= 15 is 0 Å². The van der Waals surface area contributed by atoms with Crippen molar-refractivity contribution in [2.24, 2.45) is 0 Å². The van der Waals surface area contributed by atoms with Crippen LogP contribution in [-0.4, -0.2) is 42.3 Å². The van der Waals surface area contributed by atoms with E-state index < -0.39 is 5.97 Å². The minimum absolute atomic E-state index is 0.0396. The normalized spacial score (nSPS) is 18.2. The number of ether oxygens (including phenoxy) is 1. The molecule has 1 N–H and O–H groups in total. The van der Waals surface area contributed by atoms with Crippen LogP contribution in [0, 0.1) is 0 Å². The quantitative estimate of drug-likeness (QED) is 0.929. The molecule has 104 valence electrons. The maximum Gasteiger partial charge on any atom is 0.305 e. The fraction of sp³-hybridized carbons (Fsp3) is 0.462. The molecule has 1 aromatic rings. The topological polar surface area (TPSA) is 49.8 Å². The lowest BCUT2D eigenvalue weighted by Crippen LogP contribution is -2.39. The summed E-state index contributed by atoms with van der Waals surface area (Å²) in [4.78, 5) is 13.2. The van der Waals surface area contributed by atoms with Crippen molar-refractivity contribution >= 4 is 29.2 Å². The third-order valence-corrected chi connectivity index (χ3v) is 3.92. The van der Waals surface area contributed by atoms with E-state index in [1.165, 1.54) is 0 Å². The molecule has 1 aromatic carbocycles. The van der Waals surface area contributed by atoms with Gasteiger partial charge in [-0.05, 0) is 17.7 Å². The van der Waals surface area contributed by atoms with Gasteiger partial charge in [0, 0.05) is 19.1 Å². The molecule has 1 aliphatic rings. The molecule has 1 heterocycles. The van der Waals surface area contributed by atoms with E-state index in [4.69, 9.17) is 33.0 Å². The summed E-state index contributed by atoms with van der Waals surface area (Å²) in [5.41, 5.74) is 0.874. The maximum absolute atomic E-state index is 11.1. The zero-order valence-corrected chi connectivity index (χ0v) is 11.8. The molecule has 1 saturated heterocycles. The lowest BCUT2D eigenvalue weighted by molar-refractivity contribution is -0.139. The molecule has 6 heteroatoms. The van der Waals surface area contributed by atoms with Crippen LogP contribution < -0.4 is 0 Å². The standard InChI is InChI=1S/C13H15Cl2NO3/c14-10-2-1-9(7-11(10)15)12(8-13(17)18)16-3-5-19-6-4-16/h1-2,7,12H,3-6,8H2,(H,17,18)/t12-/m0/s1. The maximum atomic E-state index is 11.1. The summed E-state index contributed by atoms with van der Waals surface area (Å²) in [5, 5.41) is 10.0. The number of nitrogens with zero attached hydrogens (tertiary/aromatic N) is 1. The average Bonchev–Trinajstić information content (AvgIpc) is 2.40. The molecule has 0 aromatic heterocycles. The number of aliphatic carboxylic acids is 1. The second kappa shape index (κ2) is 6.57. The van der Waals surface area contributed by atoms with Crippen LogP contribution in [0.5, 0.6) is 0 Å². The molecule has 0 amide bonds. The summed E-state index contributed by atoms with van der Waals surface area (Å²) < 4.78 is 5.30. The first-order valence-electron chi connectivity index (χ1n) is 6.06. The number of hydrogen-bond acceptors (Lipinski definition) is 3. The van der Waals surface area contributed by atoms with E-state index in [1.807, 2.05) is 6.07 Å². The number of carboxylic acids is 1. The van der Waals surface area contributed by atoms with Gasteiger partial charge in [0.15, 0.2) is 0 Å². The van der Waals surface area contributed by atoms with Crippen molar-refractivity contribution in [1.82, 2.24) is 4.90 Å². The Hall–Kier alpha value is -0.810. The van der Waals surface area contributed by atoms with Gasteiger partial charge in [-0.25, -0.2) is 0 Å². The van der Waals surface area contributed by atoms with E-state index in [1.54, 1.807) is 12.1 Å². The lowest BCUT2D eigenvalue weighted by atomic mass is 10.0. The predicted octanol–water partition coefficient (Wildman–Crippen LogP) is 2.84. The Kier molecular flexibility index (Phi) is 5.05. The fourth-order valence-corrected chi connectivity index (χ4v) is 2.54. The van der Waals surface area contributed by atoms with E-state index in [-0.39, 0.29) is 12.5 Å². The first-order valence-corrected chi connectivity index (χ1v) is 6.82.